The standard InChI is InChI=1S/C11H11N3O3/c1-17-8-4-2-7(3-5-8)12-11(16)9-6-10(15)14-13-9/h2-6H,1H3,(H,12,16)(H2,13,14,15). The van der Waals surface area contributed by atoms with Gasteiger partial charge in [-0.3, -0.25) is 19.8 Å². The van der Waals surface area contributed by atoms with E-state index >= 15 is 0 Å². The van der Waals surface area contributed by atoms with Gasteiger partial charge in [-0.25, -0.2) is 0 Å². The van der Waals surface area contributed by atoms with Crippen molar-refractivity contribution < 1.29 is 9.53 Å². The Bertz CT molecular complexity index is 568. The van der Waals surface area contributed by atoms with Crippen LogP contribution in [0, 0.1) is 0 Å². The molecule has 0 aliphatic carbocycles. The lowest BCUT2D eigenvalue weighted by atomic mass is 10.3. The van der Waals surface area contributed by atoms with Gasteiger partial charge >= 0.3 is 0 Å². The quantitative estimate of drug-likeness (QED) is 0.738. The topological polar surface area (TPSA) is 87.0 Å². The van der Waals surface area contributed by atoms with E-state index in [2.05, 4.69) is 15.5 Å². The molecule has 0 bridgehead atoms. The molecule has 1 aromatic carbocycles. The first-order valence-corrected chi connectivity index (χ1v) is 4.92. The average Bonchev–Trinajstić information content (AvgIpc) is 2.77. The number of carbonyl (C=O) groups excluding carboxylic acids is 1. The van der Waals surface area contributed by atoms with Gasteiger partial charge in [-0.05, 0) is 24.3 Å². The van der Waals surface area contributed by atoms with Crippen LogP contribution < -0.4 is 15.6 Å². The number of anilines is 1. The van der Waals surface area contributed by atoms with E-state index in [4.69, 9.17) is 4.74 Å². The summed E-state index contributed by atoms with van der Waals surface area (Å²) in [6.45, 7) is 0. The maximum atomic E-state index is 11.6. The highest BCUT2D eigenvalue weighted by Gasteiger charge is 2.08. The average molecular weight is 233 g/mol. The number of aromatic nitrogens is 2. The molecule has 0 aliphatic heterocycles. The molecule has 1 amide bonds. The first-order valence-electron chi connectivity index (χ1n) is 4.92. The van der Waals surface area contributed by atoms with Crippen LogP contribution in [-0.4, -0.2) is 23.2 Å². The number of nitrogens with one attached hydrogen (secondary N) is 3. The van der Waals surface area contributed by atoms with Crippen molar-refractivity contribution in [3.8, 4) is 5.75 Å². The summed E-state index contributed by atoms with van der Waals surface area (Å²) in [5.41, 5.74) is 0.466. The molecule has 1 aromatic heterocycles. The van der Waals surface area contributed by atoms with Crippen LogP contribution >= 0.6 is 0 Å². The maximum Gasteiger partial charge on any atom is 0.273 e. The van der Waals surface area contributed by atoms with E-state index in [1.54, 1.807) is 31.4 Å². The summed E-state index contributed by atoms with van der Waals surface area (Å²) in [7, 11) is 1.57. The number of H-pyrrole nitrogens is 2. The second-order valence-corrected chi connectivity index (χ2v) is 3.35. The smallest absolute Gasteiger partial charge is 0.273 e. The third-order valence-electron chi connectivity index (χ3n) is 2.19. The van der Waals surface area contributed by atoms with Crippen molar-refractivity contribution >= 4 is 11.6 Å². The molecular weight excluding hydrogens is 222 g/mol. The molecule has 2 aromatic rings. The Kier molecular flexibility index (Phi) is 2.95. The molecule has 0 saturated heterocycles. The van der Waals surface area contributed by atoms with Gasteiger partial charge in [0.2, 0.25) is 0 Å². The Morgan fingerprint density at radius 1 is 1.24 bits per heavy atom. The molecule has 0 unspecified atom stereocenters. The predicted molar refractivity (Wildman–Crippen MR) is 62.4 cm³/mol. The third kappa shape index (κ3) is 2.54. The zero-order chi connectivity index (χ0) is 12.3. The van der Waals surface area contributed by atoms with Gasteiger partial charge in [0, 0.05) is 11.8 Å². The van der Waals surface area contributed by atoms with Crippen LogP contribution in [0.1, 0.15) is 10.5 Å². The molecule has 0 atom stereocenters. The third-order valence-corrected chi connectivity index (χ3v) is 2.19. The van der Waals surface area contributed by atoms with Crippen LogP contribution in [0.4, 0.5) is 5.69 Å². The molecule has 6 heteroatoms. The number of carbonyl (C=O) groups is 1. The molecule has 0 radical (unpaired) electrons. The van der Waals surface area contributed by atoms with E-state index < -0.39 is 0 Å². The minimum absolute atomic E-state index is 0.186. The van der Waals surface area contributed by atoms with Gasteiger partial charge in [-0.15, -0.1) is 0 Å². The van der Waals surface area contributed by atoms with E-state index in [1.165, 1.54) is 6.07 Å². The molecule has 0 aliphatic rings. The number of amides is 1. The normalized spacial score (nSPS) is 9.94. The summed E-state index contributed by atoms with van der Waals surface area (Å²) < 4.78 is 5.00. The van der Waals surface area contributed by atoms with Gasteiger partial charge in [0.25, 0.3) is 11.5 Å². The summed E-state index contributed by atoms with van der Waals surface area (Å²) in [6, 6.07) is 8.08. The molecule has 3 N–H and O–H groups in total. The van der Waals surface area contributed by atoms with Gasteiger partial charge in [-0.2, -0.15) is 0 Å². The highest BCUT2D eigenvalue weighted by molar-refractivity contribution is 6.02. The highest BCUT2D eigenvalue weighted by atomic mass is 16.5. The van der Waals surface area contributed by atoms with Crippen LogP contribution in [0.5, 0.6) is 5.75 Å². The molecule has 2 rings (SSSR count). The monoisotopic (exact) mass is 233 g/mol. The van der Waals surface area contributed by atoms with Gasteiger partial charge in [0.1, 0.15) is 11.4 Å². The van der Waals surface area contributed by atoms with E-state index in [-0.39, 0.29) is 17.2 Å². The van der Waals surface area contributed by atoms with Crippen LogP contribution in [0.25, 0.3) is 0 Å². The van der Waals surface area contributed by atoms with Crippen molar-refractivity contribution in [2.45, 2.75) is 0 Å². The first kappa shape index (κ1) is 11.0. The maximum absolute atomic E-state index is 11.6. The Morgan fingerprint density at radius 3 is 2.47 bits per heavy atom. The minimum Gasteiger partial charge on any atom is -0.497 e. The molecule has 6 nitrogen and oxygen atoms in total. The van der Waals surface area contributed by atoms with Crippen molar-refractivity contribution in [1.29, 1.82) is 0 Å². The number of hydrogen-bond acceptors (Lipinski definition) is 3. The van der Waals surface area contributed by atoms with Crippen molar-refractivity contribution in [2.24, 2.45) is 0 Å². The van der Waals surface area contributed by atoms with E-state index in [9.17, 15) is 9.59 Å². The zero-order valence-corrected chi connectivity index (χ0v) is 9.11. The fourth-order valence-electron chi connectivity index (χ4n) is 1.33. The second-order valence-electron chi connectivity index (χ2n) is 3.35. The Morgan fingerprint density at radius 2 is 1.94 bits per heavy atom. The number of aromatic amines is 2. The lowest BCUT2D eigenvalue weighted by molar-refractivity contribution is 0.102. The summed E-state index contributed by atoms with van der Waals surface area (Å²) in [5.74, 6) is 0.326. The van der Waals surface area contributed by atoms with Gasteiger partial charge in [-0.1, -0.05) is 0 Å². The van der Waals surface area contributed by atoms with Crippen molar-refractivity contribution in [3.63, 3.8) is 0 Å². The zero-order valence-electron chi connectivity index (χ0n) is 9.11. The molecule has 0 spiro atoms. The SMILES string of the molecule is COc1ccc(NC(=O)c2cc(=O)[nH][nH]2)cc1. The van der Waals surface area contributed by atoms with Gasteiger partial charge in [0.05, 0.1) is 7.11 Å². The number of rotatable bonds is 3. The Hall–Kier alpha value is -2.50. The van der Waals surface area contributed by atoms with E-state index in [1.807, 2.05) is 0 Å². The van der Waals surface area contributed by atoms with E-state index in [0.29, 0.717) is 11.4 Å². The molecular formula is C11H11N3O3. The van der Waals surface area contributed by atoms with Crippen LogP contribution in [-0.2, 0) is 0 Å². The van der Waals surface area contributed by atoms with Gasteiger partial charge < -0.3 is 10.1 Å². The van der Waals surface area contributed by atoms with Crippen LogP contribution in [0.2, 0.25) is 0 Å². The molecule has 88 valence electrons. The second kappa shape index (κ2) is 4.56. The largest absolute Gasteiger partial charge is 0.497 e. The lowest BCUT2D eigenvalue weighted by Gasteiger charge is -2.04. The molecule has 0 saturated carbocycles. The molecule has 1 heterocycles. The Labute approximate surface area is 96.6 Å². The minimum atomic E-state index is -0.381. The van der Waals surface area contributed by atoms with Crippen molar-refractivity contribution in [3.05, 3.63) is 46.4 Å². The number of benzene rings is 1. The highest BCUT2D eigenvalue weighted by Crippen LogP contribution is 2.15. The number of ether oxygens (including phenoxy) is 1. The number of methoxy groups -OCH3 is 1. The van der Waals surface area contributed by atoms with Crippen LogP contribution in [0.15, 0.2) is 35.1 Å². The predicted octanol–water partition coefficient (Wildman–Crippen LogP) is 0.964. The summed E-state index contributed by atoms with van der Waals surface area (Å²) in [4.78, 5) is 22.5. The molecule has 0 fully saturated rings. The first-order chi connectivity index (χ1) is 8.19. The van der Waals surface area contributed by atoms with Crippen molar-refractivity contribution in [1.82, 2.24) is 10.2 Å². The summed E-state index contributed by atoms with van der Waals surface area (Å²) in [6.07, 6.45) is 0. The summed E-state index contributed by atoms with van der Waals surface area (Å²) in [5, 5.41) is 7.40. The van der Waals surface area contributed by atoms with Crippen LogP contribution in [0.3, 0.4) is 0 Å². The van der Waals surface area contributed by atoms with Crippen molar-refractivity contribution in [2.75, 3.05) is 12.4 Å². The fraction of sp³-hybridized carbons (Fsp3) is 0.0909. The summed E-state index contributed by atoms with van der Waals surface area (Å²) >= 11 is 0. The Balaban J connectivity index is 2.10. The van der Waals surface area contributed by atoms with E-state index in [0.717, 1.165) is 0 Å². The number of hydrogen-bond donors (Lipinski definition) is 3. The van der Waals surface area contributed by atoms with Gasteiger partial charge in [0.15, 0.2) is 0 Å². The molecule has 17 heavy (non-hydrogen) atoms. The lowest BCUT2D eigenvalue weighted by Crippen LogP contribution is -2.12. The fourth-order valence-corrected chi connectivity index (χ4v) is 1.33.